The van der Waals surface area contributed by atoms with Crippen LogP contribution in [0.15, 0.2) is 60.7 Å². The van der Waals surface area contributed by atoms with Crippen molar-refractivity contribution in [2.24, 2.45) is 0 Å². The first-order valence-corrected chi connectivity index (χ1v) is 9.93. The molecule has 146 valence electrons. The van der Waals surface area contributed by atoms with Gasteiger partial charge in [-0.3, -0.25) is 0 Å². The van der Waals surface area contributed by atoms with Crippen molar-refractivity contribution in [1.82, 2.24) is 0 Å². The molecule has 0 amide bonds. The standard InChI is InChI=1S/C23H23Cl2NO2/c1-3-27-22-13-18(14-26-20-9-7-16(2)8-10-20)12-21(25)23(22)28-15-17-5-4-6-19(24)11-17/h4-13,26H,3,14-15H2,1-2H3. The van der Waals surface area contributed by atoms with Crippen LogP contribution in [0.1, 0.15) is 23.6 Å². The van der Waals surface area contributed by atoms with E-state index in [1.165, 1.54) is 5.56 Å². The van der Waals surface area contributed by atoms with Crippen molar-refractivity contribution in [1.29, 1.82) is 0 Å². The Bertz CT molecular complexity index is 926. The lowest BCUT2D eigenvalue weighted by Gasteiger charge is -2.16. The van der Waals surface area contributed by atoms with E-state index in [2.05, 4.69) is 36.5 Å². The molecule has 0 saturated heterocycles. The number of nitrogens with one attached hydrogen (secondary N) is 1. The molecule has 0 atom stereocenters. The van der Waals surface area contributed by atoms with E-state index in [0.29, 0.717) is 41.3 Å². The second-order valence-corrected chi connectivity index (χ2v) is 7.32. The van der Waals surface area contributed by atoms with Gasteiger partial charge in [-0.05, 0) is 61.4 Å². The average Bonchev–Trinajstić information content (AvgIpc) is 2.67. The van der Waals surface area contributed by atoms with Crippen molar-refractivity contribution in [3.05, 3.63) is 87.4 Å². The van der Waals surface area contributed by atoms with Crippen LogP contribution in [-0.4, -0.2) is 6.61 Å². The first-order chi connectivity index (χ1) is 13.5. The Morgan fingerprint density at radius 1 is 0.893 bits per heavy atom. The van der Waals surface area contributed by atoms with E-state index in [0.717, 1.165) is 16.8 Å². The van der Waals surface area contributed by atoms with Gasteiger partial charge in [-0.2, -0.15) is 0 Å². The van der Waals surface area contributed by atoms with E-state index >= 15 is 0 Å². The summed E-state index contributed by atoms with van der Waals surface area (Å²) >= 11 is 12.6. The molecular weight excluding hydrogens is 393 g/mol. The summed E-state index contributed by atoms with van der Waals surface area (Å²) in [6.45, 7) is 5.53. The molecule has 3 aromatic carbocycles. The zero-order valence-electron chi connectivity index (χ0n) is 16.0. The highest BCUT2D eigenvalue weighted by Gasteiger charge is 2.13. The Balaban J connectivity index is 1.74. The molecule has 0 radical (unpaired) electrons. The van der Waals surface area contributed by atoms with Crippen LogP contribution in [0.3, 0.4) is 0 Å². The van der Waals surface area contributed by atoms with Crippen molar-refractivity contribution < 1.29 is 9.47 Å². The lowest BCUT2D eigenvalue weighted by molar-refractivity contribution is 0.269. The van der Waals surface area contributed by atoms with Gasteiger partial charge in [0.15, 0.2) is 11.5 Å². The Labute approximate surface area is 176 Å². The molecule has 0 aliphatic rings. The third kappa shape index (κ3) is 5.57. The Morgan fingerprint density at radius 3 is 2.39 bits per heavy atom. The molecule has 0 unspecified atom stereocenters. The van der Waals surface area contributed by atoms with Gasteiger partial charge in [-0.25, -0.2) is 0 Å². The average molecular weight is 416 g/mol. The summed E-state index contributed by atoms with van der Waals surface area (Å²) in [7, 11) is 0. The van der Waals surface area contributed by atoms with Crippen LogP contribution < -0.4 is 14.8 Å². The summed E-state index contributed by atoms with van der Waals surface area (Å²) in [5.74, 6) is 1.18. The SMILES string of the molecule is CCOc1cc(CNc2ccc(C)cc2)cc(Cl)c1OCc1cccc(Cl)c1. The molecule has 0 fully saturated rings. The smallest absolute Gasteiger partial charge is 0.180 e. The van der Waals surface area contributed by atoms with Crippen molar-refractivity contribution in [2.45, 2.75) is 27.0 Å². The largest absolute Gasteiger partial charge is 0.490 e. The number of rotatable bonds is 8. The highest BCUT2D eigenvalue weighted by molar-refractivity contribution is 6.32. The number of aryl methyl sites for hydroxylation is 1. The van der Waals surface area contributed by atoms with Gasteiger partial charge < -0.3 is 14.8 Å². The summed E-state index contributed by atoms with van der Waals surface area (Å²) in [5.41, 5.74) is 4.27. The van der Waals surface area contributed by atoms with E-state index < -0.39 is 0 Å². The molecule has 0 spiro atoms. The fourth-order valence-electron chi connectivity index (χ4n) is 2.78. The summed E-state index contributed by atoms with van der Waals surface area (Å²) < 4.78 is 11.7. The van der Waals surface area contributed by atoms with Crippen LogP contribution in [0.4, 0.5) is 5.69 Å². The molecule has 0 heterocycles. The maximum Gasteiger partial charge on any atom is 0.180 e. The quantitative estimate of drug-likeness (QED) is 0.434. The second kappa shape index (κ2) is 9.72. The summed E-state index contributed by atoms with van der Waals surface area (Å²) in [6.07, 6.45) is 0. The fourth-order valence-corrected chi connectivity index (χ4v) is 3.28. The van der Waals surface area contributed by atoms with Gasteiger partial charge >= 0.3 is 0 Å². The topological polar surface area (TPSA) is 30.5 Å². The molecule has 3 nitrogen and oxygen atoms in total. The van der Waals surface area contributed by atoms with Crippen LogP contribution in [0.2, 0.25) is 10.0 Å². The minimum atomic E-state index is 0.362. The van der Waals surface area contributed by atoms with Gasteiger partial charge in [0, 0.05) is 17.3 Å². The minimum Gasteiger partial charge on any atom is -0.490 e. The summed E-state index contributed by atoms with van der Waals surface area (Å²) in [4.78, 5) is 0. The van der Waals surface area contributed by atoms with Gasteiger partial charge in [0.1, 0.15) is 6.61 Å². The monoisotopic (exact) mass is 415 g/mol. The highest BCUT2D eigenvalue weighted by Crippen LogP contribution is 2.37. The van der Waals surface area contributed by atoms with Crippen LogP contribution in [0.5, 0.6) is 11.5 Å². The van der Waals surface area contributed by atoms with Gasteiger partial charge in [0.2, 0.25) is 0 Å². The van der Waals surface area contributed by atoms with Gasteiger partial charge in [-0.1, -0.05) is 53.0 Å². The minimum absolute atomic E-state index is 0.362. The van der Waals surface area contributed by atoms with E-state index in [9.17, 15) is 0 Å². The predicted molar refractivity (Wildman–Crippen MR) is 117 cm³/mol. The zero-order chi connectivity index (χ0) is 19.9. The highest BCUT2D eigenvalue weighted by atomic mass is 35.5. The zero-order valence-corrected chi connectivity index (χ0v) is 17.5. The van der Waals surface area contributed by atoms with Gasteiger partial charge in [0.25, 0.3) is 0 Å². The number of halogens is 2. The lowest BCUT2D eigenvalue weighted by atomic mass is 10.1. The lowest BCUT2D eigenvalue weighted by Crippen LogP contribution is -2.04. The second-order valence-electron chi connectivity index (χ2n) is 6.48. The third-order valence-electron chi connectivity index (χ3n) is 4.19. The molecule has 0 saturated carbocycles. The number of hydrogen-bond acceptors (Lipinski definition) is 3. The molecule has 0 aromatic heterocycles. The Hall–Kier alpha value is -2.36. The molecule has 3 aromatic rings. The molecule has 0 bridgehead atoms. The number of ether oxygens (including phenoxy) is 2. The van der Waals surface area contributed by atoms with Gasteiger partial charge in [-0.15, -0.1) is 0 Å². The summed E-state index contributed by atoms with van der Waals surface area (Å²) in [5, 5.41) is 4.60. The molecule has 1 N–H and O–H groups in total. The first-order valence-electron chi connectivity index (χ1n) is 9.18. The van der Waals surface area contributed by atoms with Crippen LogP contribution >= 0.6 is 23.2 Å². The molecule has 3 rings (SSSR count). The Kier molecular flexibility index (Phi) is 7.07. The molecule has 0 aliphatic heterocycles. The van der Waals surface area contributed by atoms with Crippen molar-refractivity contribution in [2.75, 3.05) is 11.9 Å². The third-order valence-corrected chi connectivity index (χ3v) is 4.71. The normalized spacial score (nSPS) is 10.6. The maximum absolute atomic E-state index is 6.51. The predicted octanol–water partition coefficient (Wildman–Crippen LogP) is 6.89. The Morgan fingerprint density at radius 2 is 1.68 bits per heavy atom. The molecule has 0 aliphatic carbocycles. The molecular formula is C23H23Cl2NO2. The summed E-state index contributed by atoms with van der Waals surface area (Å²) in [6, 6.07) is 19.7. The van der Waals surface area contributed by atoms with Crippen LogP contribution in [0.25, 0.3) is 0 Å². The maximum atomic E-state index is 6.51. The van der Waals surface area contributed by atoms with Gasteiger partial charge in [0.05, 0.1) is 11.6 Å². The van der Waals surface area contributed by atoms with E-state index in [4.69, 9.17) is 32.7 Å². The van der Waals surface area contributed by atoms with Crippen LogP contribution in [0, 0.1) is 6.92 Å². The van der Waals surface area contributed by atoms with E-state index in [1.807, 2.05) is 43.3 Å². The fraction of sp³-hybridized carbons (Fsp3) is 0.217. The molecule has 5 heteroatoms. The number of anilines is 1. The van der Waals surface area contributed by atoms with Crippen molar-refractivity contribution in [3.8, 4) is 11.5 Å². The van der Waals surface area contributed by atoms with E-state index in [-0.39, 0.29) is 0 Å². The van der Waals surface area contributed by atoms with Crippen molar-refractivity contribution in [3.63, 3.8) is 0 Å². The van der Waals surface area contributed by atoms with Crippen LogP contribution in [-0.2, 0) is 13.2 Å². The number of hydrogen-bond donors (Lipinski definition) is 1. The first kappa shape index (κ1) is 20.4. The van der Waals surface area contributed by atoms with Crippen molar-refractivity contribution >= 4 is 28.9 Å². The van der Waals surface area contributed by atoms with E-state index in [1.54, 1.807) is 0 Å². The number of benzene rings is 3. The molecule has 28 heavy (non-hydrogen) atoms.